The zero-order chi connectivity index (χ0) is 15.0. The van der Waals surface area contributed by atoms with Crippen LogP contribution in [0.3, 0.4) is 0 Å². The molecule has 1 fully saturated rings. The third-order valence-electron chi connectivity index (χ3n) is 3.70. The van der Waals surface area contributed by atoms with E-state index >= 15 is 0 Å². The van der Waals surface area contributed by atoms with Crippen LogP contribution in [0.25, 0.3) is 11.0 Å². The molecule has 3 rings (SSSR count). The monoisotopic (exact) mass is 288 g/mol. The van der Waals surface area contributed by atoms with E-state index in [1.165, 1.54) is 0 Å². The second kappa shape index (κ2) is 5.44. The van der Waals surface area contributed by atoms with E-state index in [2.05, 4.69) is 23.9 Å². The minimum absolute atomic E-state index is 0.0110. The number of ether oxygens (including phenoxy) is 1. The van der Waals surface area contributed by atoms with Crippen molar-refractivity contribution in [1.82, 2.24) is 19.7 Å². The second-order valence-corrected chi connectivity index (χ2v) is 5.75. The molecule has 0 saturated carbocycles. The number of carbonyl (C=O) groups excluding carboxylic acids is 1. The zero-order valence-corrected chi connectivity index (χ0v) is 12.6. The van der Waals surface area contributed by atoms with Crippen molar-refractivity contribution >= 4 is 16.9 Å². The fraction of sp³-hybridized carbons (Fsp3) is 0.533. The fourth-order valence-electron chi connectivity index (χ4n) is 2.62. The number of hydrogen-bond donors (Lipinski definition) is 0. The van der Waals surface area contributed by atoms with Crippen LogP contribution in [0.2, 0.25) is 0 Å². The van der Waals surface area contributed by atoms with Crippen LogP contribution in [-0.4, -0.2) is 51.4 Å². The molecule has 3 heterocycles. The summed E-state index contributed by atoms with van der Waals surface area (Å²) in [5.74, 6) is 0.0110. The van der Waals surface area contributed by atoms with Gasteiger partial charge < -0.3 is 9.64 Å². The summed E-state index contributed by atoms with van der Waals surface area (Å²) in [5.41, 5.74) is 1.43. The lowest BCUT2D eigenvalue weighted by Crippen LogP contribution is -2.44. The Bertz CT molecular complexity index is 665. The third-order valence-corrected chi connectivity index (χ3v) is 3.70. The maximum atomic E-state index is 12.5. The SMILES string of the molecule is CC1CN(C(=O)c2cnc3c(cnn3C(C)C)c2)CCO1. The first-order chi connectivity index (χ1) is 10.1. The van der Waals surface area contributed by atoms with Crippen LogP contribution >= 0.6 is 0 Å². The summed E-state index contributed by atoms with van der Waals surface area (Å²) >= 11 is 0. The van der Waals surface area contributed by atoms with E-state index < -0.39 is 0 Å². The summed E-state index contributed by atoms with van der Waals surface area (Å²) in [7, 11) is 0. The summed E-state index contributed by atoms with van der Waals surface area (Å²) in [5, 5.41) is 5.23. The van der Waals surface area contributed by atoms with Crippen LogP contribution in [-0.2, 0) is 4.74 Å². The van der Waals surface area contributed by atoms with Crippen molar-refractivity contribution in [2.45, 2.75) is 32.9 Å². The van der Waals surface area contributed by atoms with Crippen LogP contribution in [0.4, 0.5) is 0 Å². The molecule has 2 aromatic heterocycles. The largest absolute Gasteiger partial charge is 0.375 e. The van der Waals surface area contributed by atoms with E-state index in [0.717, 1.165) is 11.0 Å². The van der Waals surface area contributed by atoms with Crippen LogP contribution < -0.4 is 0 Å². The molecule has 6 nitrogen and oxygen atoms in total. The summed E-state index contributed by atoms with van der Waals surface area (Å²) in [6.07, 6.45) is 3.50. The molecular weight excluding hydrogens is 268 g/mol. The van der Waals surface area contributed by atoms with E-state index in [1.54, 1.807) is 12.4 Å². The van der Waals surface area contributed by atoms with Crippen molar-refractivity contribution < 1.29 is 9.53 Å². The Balaban J connectivity index is 1.88. The highest BCUT2D eigenvalue weighted by molar-refractivity contribution is 5.96. The molecule has 2 aromatic rings. The van der Waals surface area contributed by atoms with Gasteiger partial charge in [-0.25, -0.2) is 9.67 Å². The predicted molar refractivity (Wildman–Crippen MR) is 79.2 cm³/mol. The van der Waals surface area contributed by atoms with E-state index in [1.807, 2.05) is 22.6 Å². The number of hydrogen-bond acceptors (Lipinski definition) is 4. The number of rotatable bonds is 2. The minimum atomic E-state index is 0.0110. The second-order valence-electron chi connectivity index (χ2n) is 5.75. The van der Waals surface area contributed by atoms with Gasteiger partial charge in [0.25, 0.3) is 5.91 Å². The molecule has 1 unspecified atom stereocenters. The third kappa shape index (κ3) is 2.63. The molecule has 0 N–H and O–H groups in total. The Kier molecular flexibility index (Phi) is 3.63. The van der Waals surface area contributed by atoms with Gasteiger partial charge in [0, 0.05) is 30.7 Å². The van der Waals surface area contributed by atoms with Gasteiger partial charge in [0.2, 0.25) is 0 Å². The molecule has 0 bridgehead atoms. The molecule has 1 atom stereocenters. The smallest absolute Gasteiger partial charge is 0.255 e. The van der Waals surface area contributed by atoms with Gasteiger partial charge in [0.1, 0.15) is 0 Å². The van der Waals surface area contributed by atoms with E-state index in [-0.39, 0.29) is 18.1 Å². The Morgan fingerprint density at radius 1 is 1.43 bits per heavy atom. The summed E-state index contributed by atoms with van der Waals surface area (Å²) in [6, 6.07) is 2.12. The van der Waals surface area contributed by atoms with Crippen molar-refractivity contribution in [2.24, 2.45) is 0 Å². The van der Waals surface area contributed by atoms with Gasteiger partial charge in [-0.3, -0.25) is 4.79 Å². The van der Waals surface area contributed by atoms with Crippen LogP contribution in [0.15, 0.2) is 18.5 Å². The summed E-state index contributed by atoms with van der Waals surface area (Å²) in [6.45, 7) is 7.95. The lowest BCUT2D eigenvalue weighted by Gasteiger charge is -2.31. The molecule has 21 heavy (non-hydrogen) atoms. The molecule has 0 aliphatic carbocycles. The summed E-state index contributed by atoms with van der Waals surface area (Å²) in [4.78, 5) is 18.8. The number of pyridine rings is 1. The van der Waals surface area contributed by atoms with Crippen molar-refractivity contribution in [3.05, 3.63) is 24.0 Å². The minimum Gasteiger partial charge on any atom is -0.375 e. The fourth-order valence-corrected chi connectivity index (χ4v) is 2.62. The van der Waals surface area contributed by atoms with Gasteiger partial charge in [-0.05, 0) is 26.8 Å². The van der Waals surface area contributed by atoms with E-state index in [0.29, 0.717) is 25.3 Å². The first kappa shape index (κ1) is 14.0. The van der Waals surface area contributed by atoms with E-state index in [4.69, 9.17) is 4.74 Å². The lowest BCUT2D eigenvalue weighted by molar-refractivity contribution is -0.0124. The lowest BCUT2D eigenvalue weighted by atomic mass is 10.2. The predicted octanol–water partition coefficient (Wildman–Crippen LogP) is 1.87. The highest BCUT2D eigenvalue weighted by atomic mass is 16.5. The van der Waals surface area contributed by atoms with Gasteiger partial charge in [0.15, 0.2) is 5.65 Å². The molecule has 0 aromatic carbocycles. The number of aromatic nitrogens is 3. The van der Waals surface area contributed by atoms with Crippen molar-refractivity contribution in [3.63, 3.8) is 0 Å². The number of nitrogens with zero attached hydrogens (tertiary/aromatic N) is 4. The molecule has 0 spiro atoms. The average molecular weight is 288 g/mol. The van der Waals surface area contributed by atoms with Crippen LogP contribution in [0, 0.1) is 0 Å². The highest BCUT2D eigenvalue weighted by Gasteiger charge is 2.23. The van der Waals surface area contributed by atoms with Gasteiger partial charge >= 0.3 is 0 Å². The van der Waals surface area contributed by atoms with Crippen LogP contribution in [0.5, 0.6) is 0 Å². The quantitative estimate of drug-likeness (QED) is 0.846. The molecule has 6 heteroatoms. The number of carbonyl (C=O) groups is 1. The van der Waals surface area contributed by atoms with Crippen molar-refractivity contribution in [1.29, 1.82) is 0 Å². The van der Waals surface area contributed by atoms with Crippen LogP contribution in [0.1, 0.15) is 37.2 Å². The van der Waals surface area contributed by atoms with Gasteiger partial charge in [-0.2, -0.15) is 5.10 Å². The maximum absolute atomic E-state index is 12.5. The first-order valence-electron chi connectivity index (χ1n) is 7.30. The maximum Gasteiger partial charge on any atom is 0.255 e. The molecule has 0 radical (unpaired) electrons. The van der Waals surface area contributed by atoms with Gasteiger partial charge in [-0.1, -0.05) is 0 Å². The number of morpholine rings is 1. The van der Waals surface area contributed by atoms with Crippen molar-refractivity contribution in [3.8, 4) is 0 Å². The molecule has 1 aliphatic rings. The Morgan fingerprint density at radius 2 is 2.24 bits per heavy atom. The summed E-state index contributed by atoms with van der Waals surface area (Å²) < 4.78 is 7.33. The zero-order valence-electron chi connectivity index (χ0n) is 12.6. The highest BCUT2D eigenvalue weighted by Crippen LogP contribution is 2.18. The Hall–Kier alpha value is -1.95. The topological polar surface area (TPSA) is 60.2 Å². The van der Waals surface area contributed by atoms with Gasteiger partial charge in [0.05, 0.1) is 24.5 Å². The number of amides is 1. The van der Waals surface area contributed by atoms with E-state index in [9.17, 15) is 4.79 Å². The normalized spacial score (nSPS) is 19.4. The number of fused-ring (bicyclic) bond motifs is 1. The molecule has 112 valence electrons. The Labute approximate surface area is 123 Å². The molecule has 1 saturated heterocycles. The standard InChI is InChI=1S/C15H20N4O2/c1-10(2)19-14-12(8-17-19)6-13(7-16-14)15(20)18-4-5-21-11(3)9-18/h6-8,10-11H,4-5,9H2,1-3H3. The average Bonchev–Trinajstić information content (AvgIpc) is 2.89. The molecular formula is C15H20N4O2. The van der Waals surface area contributed by atoms with Gasteiger partial charge in [-0.15, -0.1) is 0 Å². The Morgan fingerprint density at radius 3 is 2.95 bits per heavy atom. The van der Waals surface area contributed by atoms with Crippen molar-refractivity contribution in [2.75, 3.05) is 19.7 Å². The molecule has 1 amide bonds. The first-order valence-corrected chi connectivity index (χ1v) is 7.30. The molecule has 1 aliphatic heterocycles.